The van der Waals surface area contributed by atoms with Gasteiger partial charge in [-0.2, -0.15) is 0 Å². The lowest BCUT2D eigenvalue weighted by molar-refractivity contribution is -0.140. The molecular weight excluding hydrogens is 274 g/mol. The van der Waals surface area contributed by atoms with Gasteiger partial charge in [0, 0.05) is 25.2 Å². The lowest BCUT2D eigenvalue weighted by atomic mass is 9.72. The minimum atomic E-state index is -0.344. The fourth-order valence-electron chi connectivity index (χ4n) is 4.03. The van der Waals surface area contributed by atoms with Crippen LogP contribution >= 0.6 is 0 Å². The summed E-state index contributed by atoms with van der Waals surface area (Å²) in [6.07, 6.45) is 1.78. The Morgan fingerprint density at radius 2 is 1.68 bits per heavy atom. The van der Waals surface area contributed by atoms with Crippen LogP contribution in [0.15, 0.2) is 30.3 Å². The first-order valence-corrected chi connectivity index (χ1v) is 8.43. The molecule has 0 saturated carbocycles. The maximum Gasteiger partial charge on any atom is 0.233 e. The number of amides is 1. The van der Waals surface area contributed by atoms with Crippen molar-refractivity contribution in [1.82, 2.24) is 15.5 Å². The Bertz CT molecular complexity index is 500. The second kappa shape index (κ2) is 6.39. The predicted octanol–water partition coefficient (Wildman–Crippen LogP) is 1.52. The number of carbonyl (C=O) groups is 1. The minimum Gasteiger partial charge on any atom is -0.339 e. The first-order chi connectivity index (χ1) is 10.6. The highest BCUT2D eigenvalue weighted by molar-refractivity contribution is 5.88. The second-order valence-corrected chi connectivity index (χ2v) is 6.88. The van der Waals surface area contributed by atoms with Crippen LogP contribution in [0.5, 0.6) is 0 Å². The molecule has 1 aromatic carbocycles. The monoisotopic (exact) mass is 301 g/mol. The van der Waals surface area contributed by atoms with Gasteiger partial charge in [0.2, 0.25) is 5.91 Å². The Labute approximate surface area is 133 Å². The van der Waals surface area contributed by atoms with Gasteiger partial charge in [0.1, 0.15) is 0 Å². The normalized spacial score (nSPS) is 28.4. The standard InChI is InChI=1S/C18H27N3O/c1-14-12-21(13-15(2)20-14)17(22)18(8-10-19-11-9-18)16-6-4-3-5-7-16/h3-7,14-15,19-20H,8-13H2,1-2H3. The molecule has 2 N–H and O–H groups in total. The molecule has 0 bridgehead atoms. The van der Waals surface area contributed by atoms with Crippen molar-refractivity contribution in [3.63, 3.8) is 0 Å². The summed E-state index contributed by atoms with van der Waals surface area (Å²) in [5, 5.41) is 6.91. The van der Waals surface area contributed by atoms with Crippen LogP contribution in [0.1, 0.15) is 32.3 Å². The van der Waals surface area contributed by atoms with Gasteiger partial charge in [0.15, 0.2) is 0 Å². The van der Waals surface area contributed by atoms with Gasteiger partial charge >= 0.3 is 0 Å². The Morgan fingerprint density at radius 1 is 1.09 bits per heavy atom. The fourth-order valence-corrected chi connectivity index (χ4v) is 4.03. The minimum absolute atomic E-state index is 0.320. The molecule has 2 fully saturated rings. The average Bonchev–Trinajstić information content (AvgIpc) is 2.55. The first-order valence-electron chi connectivity index (χ1n) is 8.43. The van der Waals surface area contributed by atoms with Crippen LogP contribution in [-0.2, 0) is 10.2 Å². The van der Waals surface area contributed by atoms with Crippen LogP contribution in [-0.4, -0.2) is 49.1 Å². The molecular formula is C18H27N3O. The molecule has 2 heterocycles. The van der Waals surface area contributed by atoms with Gasteiger partial charge in [-0.25, -0.2) is 0 Å². The molecule has 0 aromatic heterocycles. The summed E-state index contributed by atoms with van der Waals surface area (Å²) in [6, 6.07) is 11.1. The highest BCUT2D eigenvalue weighted by Gasteiger charge is 2.44. The summed E-state index contributed by atoms with van der Waals surface area (Å²) in [5.74, 6) is 0.320. The molecule has 0 spiro atoms. The summed E-state index contributed by atoms with van der Waals surface area (Å²) < 4.78 is 0. The number of carbonyl (C=O) groups excluding carboxylic acids is 1. The lowest BCUT2D eigenvalue weighted by Crippen LogP contribution is -2.61. The number of nitrogens with one attached hydrogen (secondary N) is 2. The van der Waals surface area contributed by atoms with Crippen LogP contribution in [0.4, 0.5) is 0 Å². The van der Waals surface area contributed by atoms with Gasteiger partial charge in [0.05, 0.1) is 5.41 Å². The lowest BCUT2D eigenvalue weighted by Gasteiger charge is -2.44. The molecule has 4 heteroatoms. The predicted molar refractivity (Wildman–Crippen MR) is 88.9 cm³/mol. The van der Waals surface area contributed by atoms with E-state index in [0.717, 1.165) is 39.0 Å². The second-order valence-electron chi connectivity index (χ2n) is 6.88. The summed E-state index contributed by atoms with van der Waals surface area (Å²) in [6.45, 7) is 7.77. The number of piperazine rings is 1. The molecule has 22 heavy (non-hydrogen) atoms. The third kappa shape index (κ3) is 2.90. The topological polar surface area (TPSA) is 44.4 Å². The number of piperidine rings is 1. The van der Waals surface area contributed by atoms with E-state index >= 15 is 0 Å². The summed E-state index contributed by atoms with van der Waals surface area (Å²) >= 11 is 0. The van der Waals surface area contributed by atoms with Crippen LogP contribution in [0, 0.1) is 0 Å². The fraction of sp³-hybridized carbons (Fsp3) is 0.611. The summed E-state index contributed by atoms with van der Waals surface area (Å²) in [4.78, 5) is 15.5. The molecule has 2 aliphatic rings. The van der Waals surface area contributed by atoms with E-state index in [-0.39, 0.29) is 5.41 Å². The maximum atomic E-state index is 13.4. The highest BCUT2D eigenvalue weighted by Crippen LogP contribution is 2.36. The number of rotatable bonds is 2. The zero-order valence-corrected chi connectivity index (χ0v) is 13.6. The van der Waals surface area contributed by atoms with Crippen molar-refractivity contribution >= 4 is 5.91 Å². The number of hydrogen-bond donors (Lipinski definition) is 2. The maximum absolute atomic E-state index is 13.4. The van der Waals surface area contributed by atoms with Crippen molar-refractivity contribution in [2.75, 3.05) is 26.2 Å². The molecule has 2 saturated heterocycles. The molecule has 0 radical (unpaired) electrons. The number of hydrogen-bond acceptors (Lipinski definition) is 3. The molecule has 2 atom stereocenters. The van der Waals surface area contributed by atoms with E-state index in [9.17, 15) is 4.79 Å². The van der Waals surface area contributed by atoms with E-state index in [1.165, 1.54) is 5.56 Å². The van der Waals surface area contributed by atoms with Crippen molar-refractivity contribution in [3.05, 3.63) is 35.9 Å². The van der Waals surface area contributed by atoms with E-state index in [1.54, 1.807) is 0 Å². The van der Waals surface area contributed by atoms with E-state index < -0.39 is 0 Å². The highest BCUT2D eigenvalue weighted by atomic mass is 16.2. The third-order valence-corrected chi connectivity index (χ3v) is 5.04. The zero-order valence-electron chi connectivity index (χ0n) is 13.6. The van der Waals surface area contributed by atoms with Gasteiger partial charge in [0.25, 0.3) is 0 Å². The number of nitrogens with zero attached hydrogens (tertiary/aromatic N) is 1. The van der Waals surface area contributed by atoms with E-state index in [1.807, 2.05) is 6.07 Å². The van der Waals surface area contributed by atoms with Crippen molar-refractivity contribution in [1.29, 1.82) is 0 Å². The van der Waals surface area contributed by atoms with Gasteiger partial charge < -0.3 is 15.5 Å². The molecule has 3 rings (SSSR count). The van der Waals surface area contributed by atoms with E-state index in [0.29, 0.717) is 18.0 Å². The third-order valence-electron chi connectivity index (χ3n) is 5.04. The quantitative estimate of drug-likeness (QED) is 0.870. The molecule has 2 unspecified atom stereocenters. The van der Waals surface area contributed by atoms with Crippen LogP contribution in [0.3, 0.4) is 0 Å². The number of benzene rings is 1. The van der Waals surface area contributed by atoms with E-state index in [2.05, 4.69) is 53.6 Å². The summed E-state index contributed by atoms with van der Waals surface area (Å²) in [7, 11) is 0. The van der Waals surface area contributed by atoms with Crippen molar-refractivity contribution < 1.29 is 4.79 Å². The van der Waals surface area contributed by atoms with Crippen molar-refractivity contribution in [3.8, 4) is 0 Å². The average molecular weight is 301 g/mol. The summed E-state index contributed by atoms with van der Waals surface area (Å²) in [5.41, 5.74) is 0.837. The smallest absolute Gasteiger partial charge is 0.233 e. The van der Waals surface area contributed by atoms with Crippen LogP contribution in [0.2, 0.25) is 0 Å². The Hall–Kier alpha value is -1.39. The van der Waals surface area contributed by atoms with Gasteiger partial charge in [-0.3, -0.25) is 4.79 Å². The van der Waals surface area contributed by atoms with Crippen LogP contribution in [0.25, 0.3) is 0 Å². The molecule has 120 valence electrons. The van der Waals surface area contributed by atoms with Crippen molar-refractivity contribution in [2.45, 2.75) is 44.2 Å². The SMILES string of the molecule is CC1CN(C(=O)C2(c3ccccc3)CCNCC2)CC(C)N1. The molecule has 1 aromatic rings. The van der Waals surface area contributed by atoms with Crippen LogP contribution < -0.4 is 10.6 Å². The van der Waals surface area contributed by atoms with Gasteiger partial charge in [-0.1, -0.05) is 30.3 Å². The largest absolute Gasteiger partial charge is 0.339 e. The molecule has 4 nitrogen and oxygen atoms in total. The Balaban J connectivity index is 1.90. The Morgan fingerprint density at radius 3 is 2.27 bits per heavy atom. The van der Waals surface area contributed by atoms with Gasteiger partial charge in [-0.05, 0) is 45.3 Å². The molecule has 1 amide bonds. The van der Waals surface area contributed by atoms with Crippen molar-refractivity contribution in [2.24, 2.45) is 0 Å². The molecule has 2 aliphatic heterocycles. The first kappa shape index (κ1) is 15.5. The molecule has 0 aliphatic carbocycles. The Kier molecular flexibility index (Phi) is 4.50. The van der Waals surface area contributed by atoms with Gasteiger partial charge in [-0.15, -0.1) is 0 Å². The zero-order chi connectivity index (χ0) is 15.6. The van der Waals surface area contributed by atoms with E-state index in [4.69, 9.17) is 0 Å².